The molecule has 144 valence electrons. The zero-order valence-corrected chi connectivity index (χ0v) is 17.7. The third-order valence-corrected chi connectivity index (χ3v) is 5.46. The molecule has 1 N–H and O–H groups in total. The number of carbonyl (C=O) groups is 1. The zero-order chi connectivity index (χ0) is 19.4. The lowest BCUT2D eigenvalue weighted by Gasteiger charge is -2.35. The van der Waals surface area contributed by atoms with Crippen LogP contribution in [0.2, 0.25) is 0 Å². The third-order valence-electron chi connectivity index (χ3n) is 5.00. The fourth-order valence-corrected chi connectivity index (χ4v) is 4.02. The molecule has 5 nitrogen and oxygen atoms in total. The van der Waals surface area contributed by atoms with Gasteiger partial charge in [-0.2, -0.15) is 0 Å². The van der Waals surface area contributed by atoms with Crippen LogP contribution in [0.3, 0.4) is 0 Å². The van der Waals surface area contributed by atoms with Gasteiger partial charge in [-0.1, -0.05) is 22.9 Å². The molecule has 1 fully saturated rings. The van der Waals surface area contributed by atoms with Crippen LogP contribution < -0.4 is 15.0 Å². The van der Waals surface area contributed by atoms with E-state index in [0.29, 0.717) is 11.3 Å². The first-order valence-corrected chi connectivity index (χ1v) is 10.0. The number of nitrogens with one attached hydrogen (secondary N) is 1. The number of rotatable bonds is 5. The van der Waals surface area contributed by atoms with E-state index in [1.165, 1.54) is 5.69 Å². The van der Waals surface area contributed by atoms with Crippen molar-refractivity contribution in [1.29, 1.82) is 0 Å². The van der Waals surface area contributed by atoms with Gasteiger partial charge in [0.05, 0.1) is 12.7 Å². The maximum Gasteiger partial charge on any atom is 0.259 e. The summed E-state index contributed by atoms with van der Waals surface area (Å²) in [4.78, 5) is 17.6. The Labute approximate surface area is 169 Å². The number of carbonyl (C=O) groups excluding carboxylic acids is 1. The summed E-state index contributed by atoms with van der Waals surface area (Å²) in [6, 6.07) is 11.8. The van der Waals surface area contributed by atoms with E-state index in [2.05, 4.69) is 50.1 Å². The molecule has 0 aliphatic carbocycles. The molecule has 1 heterocycles. The largest absolute Gasteiger partial charge is 0.496 e. The van der Waals surface area contributed by atoms with Crippen LogP contribution in [0.25, 0.3) is 0 Å². The molecule has 1 aliphatic heterocycles. The van der Waals surface area contributed by atoms with Crippen molar-refractivity contribution in [3.63, 3.8) is 0 Å². The minimum Gasteiger partial charge on any atom is -0.496 e. The molecule has 1 saturated heterocycles. The number of halogens is 1. The number of piperazine rings is 1. The van der Waals surface area contributed by atoms with Crippen LogP contribution in [0, 0.1) is 6.92 Å². The van der Waals surface area contributed by atoms with Gasteiger partial charge in [0.2, 0.25) is 0 Å². The van der Waals surface area contributed by atoms with Crippen LogP contribution in [0.1, 0.15) is 22.8 Å². The molecule has 27 heavy (non-hydrogen) atoms. The zero-order valence-electron chi connectivity index (χ0n) is 16.1. The van der Waals surface area contributed by atoms with Crippen molar-refractivity contribution in [2.24, 2.45) is 0 Å². The van der Waals surface area contributed by atoms with Gasteiger partial charge in [-0.25, -0.2) is 0 Å². The lowest BCUT2D eigenvalue weighted by Crippen LogP contribution is -2.46. The summed E-state index contributed by atoms with van der Waals surface area (Å²) in [5, 5.41) is 2.97. The minimum atomic E-state index is -0.180. The SMILES string of the molecule is CCN1CCN(c2ccc(NC(=O)c3cc(Br)cc(C)c3OC)cc2)CC1. The summed E-state index contributed by atoms with van der Waals surface area (Å²) in [5.41, 5.74) is 3.40. The van der Waals surface area contributed by atoms with Crippen molar-refractivity contribution in [3.8, 4) is 5.75 Å². The van der Waals surface area contributed by atoms with Crippen LogP contribution >= 0.6 is 15.9 Å². The number of benzene rings is 2. The molecule has 3 rings (SSSR count). The van der Waals surface area contributed by atoms with Crippen molar-refractivity contribution >= 4 is 33.2 Å². The Bertz CT molecular complexity index is 800. The molecule has 0 bridgehead atoms. The fourth-order valence-electron chi connectivity index (χ4n) is 3.45. The number of anilines is 2. The van der Waals surface area contributed by atoms with Gasteiger partial charge in [0.1, 0.15) is 5.75 Å². The maximum atomic E-state index is 12.7. The number of nitrogens with zero attached hydrogens (tertiary/aromatic N) is 2. The van der Waals surface area contributed by atoms with Crippen LogP contribution in [0.4, 0.5) is 11.4 Å². The molecular weight excluding hydrogens is 406 g/mol. The predicted molar refractivity (Wildman–Crippen MR) is 114 cm³/mol. The van der Waals surface area contributed by atoms with Crippen LogP contribution in [-0.4, -0.2) is 50.6 Å². The highest BCUT2D eigenvalue weighted by molar-refractivity contribution is 9.10. The molecule has 0 atom stereocenters. The third kappa shape index (κ3) is 4.62. The van der Waals surface area contributed by atoms with Gasteiger partial charge in [0, 0.05) is 42.0 Å². The van der Waals surface area contributed by atoms with Gasteiger partial charge in [0.25, 0.3) is 5.91 Å². The number of hydrogen-bond donors (Lipinski definition) is 1. The maximum absolute atomic E-state index is 12.7. The summed E-state index contributed by atoms with van der Waals surface area (Å²) >= 11 is 3.45. The standard InChI is InChI=1S/C21H26BrN3O2/c1-4-24-9-11-25(12-10-24)18-7-5-17(6-8-18)23-21(26)19-14-16(22)13-15(2)20(19)27-3/h5-8,13-14H,4,9-12H2,1-3H3,(H,23,26). The molecule has 2 aromatic rings. The number of aryl methyl sites for hydroxylation is 1. The molecule has 0 saturated carbocycles. The van der Waals surface area contributed by atoms with Gasteiger partial charge in [0.15, 0.2) is 0 Å². The molecular formula is C21H26BrN3O2. The normalized spacial score (nSPS) is 14.9. The Kier molecular flexibility index (Phi) is 6.39. The highest BCUT2D eigenvalue weighted by Gasteiger charge is 2.17. The molecule has 2 aromatic carbocycles. The van der Waals surface area contributed by atoms with Crippen LogP contribution in [-0.2, 0) is 0 Å². The summed E-state index contributed by atoms with van der Waals surface area (Å²) < 4.78 is 6.27. The molecule has 0 spiro atoms. The molecule has 6 heteroatoms. The first kappa shape index (κ1) is 19.7. The summed E-state index contributed by atoms with van der Waals surface area (Å²) in [6.07, 6.45) is 0. The Morgan fingerprint density at radius 3 is 2.41 bits per heavy atom. The number of hydrogen-bond acceptors (Lipinski definition) is 4. The molecule has 1 aliphatic rings. The van der Waals surface area contributed by atoms with Crippen molar-refractivity contribution in [1.82, 2.24) is 4.90 Å². The quantitative estimate of drug-likeness (QED) is 0.771. The van der Waals surface area contributed by atoms with Gasteiger partial charge in [-0.15, -0.1) is 0 Å². The second-order valence-electron chi connectivity index (χ2n) is 6.73. The Morgan fingerprint density at radius 1 is 1.15 bits per heavy atom. The average molecular weight is 432 g/mol. The monoisotopic (exact) mass is 431 g/mol. The number of ether oxygens (including phenoxy) is 1. The number of likely N-dealkylation sites (N-methyl/N-ethyl adjacent to an activating group) is 1. The minimum absolute atomic E-state index is 0.180. The van der Waals surface area contributed by atoms with E-state index >= 15 is 0 Å². The summed E-state index contributed by atoms with van der Waals surface area (Å²) in [6.45, 7) is 9.50. The van der Waals surface area contributed by atoms with E-state index in [9.17, 15) is 4.79 Å². The Hall–Kier alpha value is -2.05. The predicted octanol–water partition coefficient (Wildman–Crippen LogP) is 4.16. The first-order valence-electron chi connectivity index (χ1n) is 9.24. The number of amides is 1. The van der Waals surface area contributed by atoms with E-state index in [1.807, 2.05) is 25.1 Å². The average Bonchev–Trinajstić information content (AvgIpc) is 2.68. The van der Waals surface area contributed by atoms with Crippen molar-refractivity contribution in [2.75, 3.05) is 50.1 Å². The van der Waals surface area contributed by atoms with E-state index in [4.69, 9.17) is 4.74 Å². The Morgan fingerprint density at radius 2 is 1.81 bits per heavy atom. The highest BCUT2D eigenvalue weighted by Crippen LogP contribution is 2.29. The highest BCUT2D eigenvalue weighted by atomic mass is 79.9. The summed E-state index contributed by atoms with van der Waals surface area (Å²) in [7, 11) is 1.58. The molecule has 0 unspecified atom stereocenters. The molecule has 0 radical (unpaired) electrons. The van der Waals surface area contributed by atoms with Crippen LogP contribution in [0.15, 0.2) is 40.9 Å². The van der Waals surface area contributed by atoms with E-state index in [1.54, 1.807) is 13.2 Å². The van der Waals surface area contributed by atoms with E-state index in [-0.39, 0.29) is 5.91 Å². The lowest BCUT2D eigenvalue weighted by atomic mass is 10.1. The molecule has 0 aromatic heterocycles. The van der Waals surface area contributed by atoms with Crippen molar-refractivity contribution in [3.05, 3.63) is 52.0 Å². The topological polar surface area (TPSA) is 44.8 Å². The van der Waals surface area contributed by atoms with Gasteiger partial charge < -0.3 is 19.9 Å². The van der Waals surface area contributed by atoms with Crippen molar-refractivity contribution in [2.45, 2.75) is 13.8 Å². The van der Waals surface area contributed by atoms with E-state index in [0.717, 1.165) is 48.4 Å². The van der Waals surface area contributed by atoms with Crippen LogP contribution in [0.5, 0.6) is 5.75 Å². The molecule has 1 amide bonds. The Balaban J connectivity index is 1.69. The number of methoxy groups -OCH3 is 1. The second kappa shape index (κ2) is 8.76. The van der Waals surface area contributed by atoms with Gasteiger partial charge in [-0.05, 0) is 55.4 Å². The van der Waals surface area contributed by atoms with Crippen molar-refractivity contribution < 1.29 is 9.53 Å². The second-order valence-corrected chi connectivity index (χ2v) is 7.64. The lowest BCUT2D eigenvalue weighted by molar-refractivity contribution is 0.102. The van der Waals surface area contributed by atoms with E-state index < -0.39 is 0 Å². The summed E-state index contributed by atoms with van der Waals surface area (Å²) in [5.74, 6) is 0.418. The first-order chi connectivity index (χ1) is 13.0. The smallest absolute Gasteiger partial charge is 0.259 e. The fraction of sp³-hybridized carbons (Fsp3) is 0.381. The van der Waals surface area contributed by atoms with Gasteiger partial charge >= 0.3 is 0 Å². The van der Waals surface area contributed by atoms with Gasteiger partial charge in [-0.3, -0.25) is 4.79 Å².